The highest BCUT2D eigenvalue weighted by Crippen LogP contribution is 2.33. The van der Waals surface area contributed by atoms with E-state index < -0.39 is 0 Å². The molecule has 3 aromatic rings. The van der Waals surface area contributed by atoms with Gasteiger partial charge in [-0.05, 0) is 43.9 Å². The number of carbonyl (C=O) groups excluding carboxylic acids is 1. The van der Waals surface area contributed by atoms with E-state index in [4.69, 9.17) is 19.7 Å². The van der Waals surface area contributed by atoms with Crippen LogP contribution in [0.2, 0.25) is 0 Å². The highest BCUT2D eigenvalue weighted by atomic mass is 16.5. The summed E-state index contributed by atoms with van der Waals surface area (Å²) < 4.78 is 7.95. The van der Waals surface area contributed by atoms with E-state index in [2.05, 4.69) is 54.3 Å². The molecule has 8 heteroatoms. The van der Waals surface area contributed by atoms with Crippen LogP contribution < -0.4 is 4.74 Å². The molecular weight excluding hydrogens is 440 g/mol. The molecule has 1 aliphatic heterocycles. The van der Waals surface area contributed by atoms with Crippen LogP contribution in [0.15, 0.2) is 18.3 Å². The Morgan fingerprint density at radius 1 is 1.06 bits per heavy atom. The average molecular weight is 479 g/mol. The summed E-state index contributed by atoms with van der Waals surface area (Å²) in [4.78, 5) is 30.4. The van der Waals surface area contributed by atoms with Crippen LogP contribution in [-0.2, 0) is 4.79 Å². The van der Waals surface area contributed by atoms with Crippen LogP contribution in [0, 0.1) is 13.8 Å². The SMILES string of the molecule is CC[C@@H](CN1CCN(CC=O)CC1)n1cc(C)c2nc(-c3ccc(C(C)C)nc3OC)c(C)nc21. The molecule has 188 valence electrons. The molecule has 0 amide bonds. The van der Waals surface area contributed by atoms with Crippen molar-refractivity contribution in [2.75, 3.05) is 46.4 Å². The lowest BCUT2D eigenvalue weighted by Gasteiger charge is -2.35. The number of aldehydes is 1. The largest absolute Gasteiger partial charge is 0.480 e. The molecule has 1 atom stereocenters. The molecule has 1 aliphatic rings. The number of rotatable bonds is 9. The molecule has 1 fully saturated rings. The number of piperazine rings is 1. The fourth-order valence-electron chi connectivity index (χ4n) is 4.90. The Hall–Kier alpha value is -2.84. The first-order chi connectivity index (χ1) is 16.9. The number of hydrogen-bond acceptors (Lipinski definition) is 7. The van der Waals surface area contributed by atoms with Crippen molar-refractivity contribution in [2.45, 2.75) is 53.0 Å². The number of nitrogens with zero attached hydrogens (tertiary/aromatic N) is 6. The van der Waals surface area contributed by atoms with Crippen LogP contribution in [0.25, 0.3) is 22.4 Å². The highest BCUT2D eigenvalue weighted by molar-refractivity contribution is 5.81. The lowest BCUT2D eigenvalue weighted by molar-refractivity contribution is -0.109. The van der Waals surface area contributed by atoms with E-state index in [0.717, 1.165) is 84.8 Å². The first-order valence-corrected chi connectivity index (χ1v) is 12.7. The number of carbonyl (C=O) groups is 1. The normalized spacial score (nSPS) is 16.2. The summed E-state index contributed by atoms with van der Waals surface area (Å²) in [5.41, 5.74) is 6.53. The van der Waals surface area contributed by atoms with Crippen molar-refractivity contribution in [1.82, 2.24) is 29.3 Å². The molecule has 0 saturated carbocycles. The fraction of sp³-hybridized carbons (Fsp3) is 0.556. The first kappa shape index (κ1) is 25.3. The molecular formula is C27H38N6O2. The molecule has 0 N–H and O–H groups in total. The number of methoxy groups -OCH3 is 1. The summed E-state index contributed by atoms with van der Waals surface area (Å²) in [6, 6.07) is 4.41. The second kappa shape index (κ2) is 10.8. The zero-order chi connectivity index (χ0) is 25.1. The van der Waals surface area contributed by atoms with E-state index in [0.29, 0.717) is 24.4 Å². The smallest absolute Gasteiger partial charge is 0.222 e. The molecule has 3 aromatic heterocycles. The number of fused-ring (bicyclic) bond motifs is 1. The standard InChI is InChI=1S/C27H38N6O2/c1-7-21(17-32-12-10-31(11-13-32)14-15-34)33-16-19(4)24-26(33)28-20(5)25(30-24)22-8-9-23(18(2)3)29-27(22)35-6/h8-9,15-16,18,21H,7,10-14,17H2,1-6H3/t21-/m0/s1. The zero-order valence-electron chi connectivity index (χ0n) is 21.9. The molecule has 0 aliphatic carbocycles. The lowest BCUT2D eigenvalue weighted by Crippen LogP contribution is -2.48. The highest BCUT2D eigenvalue weighted by Gasteiger charge is 2.24. The van der Waals surface area contributed by atoms with Gasteiger partial charge in [-0.2, -0.15) is 0 Å². The molecule has 4 heterocycles. The van der Waals surface area contributed by atoms with E-state index in [-0.39, 0.29) is 0 Å². The minimum Gasteiger partial charge on any atom is -0.480 e. The van der Waals surface area contributed by atoms with Crippen LogP contribution in [0.4, 0.5) is 0 Å². The van der Waals surface area contributed by atoms with Gasteiger partial charge in [-0.1, -0.05) is 20.8 Å². The maximum Gasteiger partial charge on any atom is 0.222 e. The van der Waals surface area contributed by atoms with Gasteiger partial charge in [0, 0.05) is 50.7 Å². The van der Waals surface area contributed by atoms with Crippen LogP contribution >= 0.6 is 0 Å². The summed E-state index contributed by atoms with van der Waals surface area (Å²) in [5.74, 6) is 0.910. The Kier molecular flexibility index (Phi) is 7.82. The molecule has 0 unspecified atom stereocenters. The average Bonchev–Trinajstić information content (AvgIpc) is 3.17. The van der Waals surface area contributed by atoms with Gasteiger partial charge in [-0.25, -0.2) is 15.0 Å². The third-order valence-corrected chi connectivity index (χ3v) is 7.06. The summed E-state index contributed by atoms with van der Waals surface area (Å²) in [5, 5.41) is 0. The molecule has 0 radical (unpaired) electrons. The third kappa shape index (κ3) is 5.23. The Morgan fingerprint density at radius 2 is 1.77 bits per heavy atom. The van der Waals surface area contributed by atoms with Crippen LogP contribution in [-0.4, -0.2) is 82.0 Å². The van der Waals surface area contributed by atoms with Crippen molar-refractivity contribution < 1.29 is 9.53 Å². The fourth-order valence-corrected chi connectivity index (χ4v) is 4.90. The Bertz CT molecular complexity index is 1180. The van der Waals surface area contributed by atoms with E-state index in [9.17, 15) is 4.79 Å². The minimum absolute atomic E-state index is 0.310. The quantitative estimate of drug-likeness (QED) is 0.430. The summed E-state index contributed by atoms with van der Waals surface area (Å²) in [6.45, 7) is 15.9. The number of aromatic nitrogens is 4. The van der Waals surface area contributed by atoms with Crippen molar-refractivity contribution in [3.63, 3.8) is 0 Å². The van der Waals surface area contributed by atoms with Gasteiger partial charge in [-0.3, -0.25) is 9.80 Å². The van der Waals surface area contributed by atoms with Gasteiger partial charge in [0.2, 0.25) is 5.88 Å². The van der Waals surface area contributed by atoms with Crippen LogP contribution in [0.1, 0.15) is 56.1 Å². The van der Waals surface area contributed by atoms with Crippen molar-refractivity contribution in [3.8, 4) is 17.1 Å². The number of ether oxygens (including phenoxy) is 1. The molecule has 0 spiro atoms. The third-order valence-electron chi connectivity index (χ3n) is 7.06. The van der Waals surface area contributed by atoms with Gasteiger partial charge >= 0.3 is 0 Å². The van der Waals surface area contributed by atoms with Crippen molar-refractivity contribution in [2.24, 2.45) is 0 Å². The summed E-state index contributed by atoms with van der Waals surface area (Å²) >= 11 is 0. The van der Waals surface area contributed by atoms with Gasteiger partial charge < -0.3 is 14.1 Å². The van der Waals surface area contributed by atoms with Crippen LogP contribution in [0.3, 0.4) is 0 Å². The van der Waals surface area contributed by atoms with Gasteiger partial charge in [0.1, 0.15) is 11.8 Å². The Balaban J connectivity index is 1.65. The Morgan fingerprint density at radius 3 is 2.40 bits per heavy atom. The second-order valence-corrected chi connectivity index (χ2v) is 9.83. The first-order valence-electron chi connectivity index (χ1n) is 12.7. The van der Waals surface area contributed by atoms with Gasteiger partial charge in [0.15, 0.2) is 5.65 Å². The molecule has 8 nitrogen and oxygen atoms in total. The Labute approximate surface area is 208 Å². The zero-order valence-corrected chi connectivity index (χ0v) is 21.9. The van der Waals surface area contributed by atoms with Crippen molar-refractivity contribution in [3.05, 3.63) is 35.3 Å². The number of aryl methyl sites for hydroxylation is 2. The van der Waals surface area contributed by atoms with Gasteiger partial charge in [0.25, 0.3) is 0 Å². The summed E-state index contributed by atoms with van der Waals surface area (Å²) in [7, 11) is 1.66. The molecule has 0 aromatic carbocycles. The van der Waals surface area contributed by atoms with Gasteiger partial charge in [0.05, 0.1) is 30.6 Å². The van der Waals surface area contributed by atoms with Crippen LogP contribution in [0.5, 0.6) is 5.88 Å². The van der Waals surface area contributed by atoms with E-state index in [1.807, 2.05) is 13.0 Å². The van der Waals surface area contributed by atoms with E-state index >= 15 is 0 Å². The van der Waals surface area contributed by atoms with E-state index in [1.165, 1.54) is 0 Å². The number of hydrogen-bond donors (Lipinski definition) is 0. The second-order valence-electron chi connectivity index (χ2n) is 9.83. The van der Waals surface area contributed by atoms with E-state index in [1.54, 1.807) is 7.11 Å². The monoisotopic (exact) mass is 478 g/mol. The lowest BCUT2D eigenvalue weighted by atomic mass is 10.1. The minimum atomic E-state index is 0.310. The molecule has 0 bridgehead atoms. The molecule has 35 heavy (non-hydrogen) atoms. The summed E-state index contributed by atoms with van der Waals surface area (Å²) in [6.07, 6.45) is 4.20. The van der Waals surface area contributed by atoms with Gasteiger partial charge in [-0.15, -0.1) is 0 Å². The maximum absolute atomic E-state index is 10.8. The maximum atomic E-state index is 10.8. The molecule has 4 rings (SSSR count). The predicted molar refractivity (Wildman–Crippen MR) is 139 cm³/mol. The predicted octanol–water partition coefficient (Wildman–Crippen LogP) is 4.01. The number of pyridine rings is 1. The topological polar surface area (TPSA) is 76.4 Å². The molecule has 1 saturated heterocycles. The van der Waals surface area contributed by atoms with Crippen molar-refractivity contribution >= 4 is 17.5 Å². The van der Waals surface area contributed by atoms with Crippen molar-refractivity contribution in [1.29, 1.82) is 0 Å².